The number of nitrogens with one attached hydrogen (secondary N) is 1. The molecule has 2 aromatic rings. The minimum absolute atomic E-state index is 0.00545. The molecule has 1 fully saturated rings. The average molecular weight is 386 g/mol. The molecular weight excluding hydrogens is 360 g/mol. The Morgan fingerprint density at radius 2 is 2.00 bits per heavy atom. The summed E-state index contributed by atoms with van der Waals surface area (Å²) in [5, 5.41) is 3.34. The van der Waals surface area contributed by atoms with E-state index >= 15 is 0 Å². The Labute approximate surface area is 163 Å². The van der Waals surface area contributed by atoms with Crippen LogP contribution in [0.2, 0.25) is 0 Å². The maximum Gasteiger partial charge on any atom is 0.339 e. The molecule has 1 aliphatic heterocycles. The van der Waals surface area contributed by atoms with Crippen molar-refractivity contribution >= 4 is 22.8 Å². The summed E-state index contributed by atoms with van der Waals surface area (Å²) in [6.45, 7) is 6.55. The molecule has 1 N–H and O–H groups in total. The second kappa shape index (κ2) is 8.04. The van der Waals surface area contributed by atoms with E-state index in [1.165, 1.54) is 0 Å². The van der Waals surface area contributed by atoms with E-state index in [0.717, 1.165) is 22.9 Å². The summed E-state index contributed by atoms with van der Waals surface area (Å²) in [7, 11) is 1.62. The fourth-order valence-electron chi connectivity index (χ4n) is 3.62. The number of ether oxygens (including phenoxy) is 1. The first-order valence-electron chi connectivity index (χ1n) is 9.46. The maximum atomic E-state index is 12.6. The monoisotopic (exact) mass is 386 g/mol. The Morgan fingerprint density at radius 3 is 2.71 bits per heavy atom. The van der Waals surface area contributed by atoms with Gasteiger partial charge in [0.25, 0.3) is 5.91 Å². The number of benzene rings is 1. The van der Waals surface area contributed by atoms with Crippen LogP contribution in [0.25, 0.3) is 11.0 Å². The van der Waals surface area contributed by atoms with Gasteiger partial charge in [-0.3, -0.25) is 9.59 Å². The molecule has 28 heavy (non-hydrogen) atoms. The van der Waals surface area contributed by atoms with E-state index in [1.54, 1.807) is 24.9 Å². The van der Waals surface area contributed by atoms with Gasteiger partial charge in [-0.2, -0.15) is 0 Å². The molecule has 0 aliphatic carbocycles. The van der Waals surface area contributed by atoms with Crippen LogP contribution in [0.3, 0.4) is 0 Å². The number of hydrogen-bond donors (Lipinski definition) is 1. The highest BCUT2D eigenvalue weighted by molar-refractivity contribution is 5.88. The van der Waals surface area contributed by atoms with Crippen molar-refractivity contribution in [3.63, 3.8) is 0 Å². The molecule has 3 rings (SSSR count). The molecule has 1 atom stereocenters. The van der Waals surface area contributed by atoms with Crippen LogP contribution < -0.4 is 15.7 Å². The summed E-state index contributed by atoms with van der Waals surface area (Å²) in [5.41, 5.74) is 2.30. The van der Waals surface area contributed by atoms with Crippen molar-refractivity contribution in [2.45, 2.75) is 33.6 Å². The molecule has 2 heterocycles. The maximum absolute atomic E-state index is 12.6. The Kier molecular flexibility index (Phi) is 5.72. The topological polar surface area (TPSA) is 88.8 Å². The number of hydrogen-bond acceptors (Lipinski definition) is 5. The van der Waals surface area contributed by atoms with Crippen LogP contribution >= 0.6 is 0 Å². The van der Waals surface area contributed by atoms with Gasteiger partial charge >= 0.3 is 5.63 Å². The van der Waals surface area contributed by atoms with Gasteiger partial charge in [0.15, 0.2) is 6.61 Å². The number of nitrogens with zero attached hydrogens (tertiary/aromatic N) is 1. The molecule has 1 aromatic carbocycles. The van der Waals surface area contributed by atoms with E-state index in [0.29, 0.717) is 36.4 Å². The van der Waals surface area contributed by atoms with Crippen molar-refractivity contribution in [2.24, 2.45) is 5.92 Å². The lowest BCUT2D eigenvalue weighted by molar-refractivity contribution is -0.132. The third-order valence-electron chi connectivity index (χ3n) is 5.40. The zero-order valence-corrected chi connectivity index (χ0v) is 16.8. The summed E-state index contributed by atoms with van der Waals surface area (Å²) in [6, 6.07) is 3.64. The lowest BCUT2D eigenvalue weighted by Gasteiger charge is -2.18. The normalized spacial score (nSPS) is 16.4. The Hall–Kier alpha value is -2.83. The van der Waals surface area contributed by atoms with E-state index in [2.05, 4.69) is 5.32 Å². The molecule has 1 aromatic heterocycles. The van der Waals surface area contributed by atoms with Gasteiger partial charge in [-0.1, -0.05) is 0 Å². The molecule has 0 radical (unpaired) electrons. The molecule has 7 heteroatoms. The zero-order chi connectivity index (χ0) is 20.4. The molecule has 0 saturated carbocycles. The van der Waals surface area contributed by atoms with Crippen LogP contribution in [0.1, 0.15) is 29.5 Å². The van der Waals surface area contributed by atoms with Gasteiger partial charge in [0.05, 0.1) is 5.39 Å². The summed E-state index contributed by atoms with van der Waals surface area (Å²) >= 11 is 0. The second-order valence-electron chi connectivity index (χ2n) is 7.44. The van der Waals surface area contributed by atoms with E-state index in [-0.39, 0.29) is 30.0 Å². The molecule has 0 spiro atoms. The van der Waals surface area contributed by atoms with Gasteiger partial charge in [-0.25, -0.2) is 4.79 Å². The highest BCUT2D eigenvalue weighted by Crippen LogP contribution is 2.31. The number of carbonyl (C=O) groups is 2. The predicted octanol–water partition coefficient (Wildman–Crippen LogP) is 2.08. The van der Waals surface area contributed by atoms with Crippen LogP contribution in [0.4, 0.5) is 0 Å². The number of aryl methyl sites for hydroxylation is 2. The highest BCUT2D eigenvalue weighted by Gasteiger charge is 2.28. The first-order chi connectivity index (χ1) is 13.3. The van der Waals surface area contributed by atoms with Crippen molar-refractivity contribution in [3.8, 4) is 5.75 Å². The van der Waals surface area contributed by atoms with Gasteiger partial charge in [0.1, 0.15) is 11.3 Å². The average Bonchev–Trinajstić information content (AvgIpc) is 3.12. The lowest BCUT2D eigenvalue weighted by atomic mass is 10.0. The summed E-state index contributed by atoms with van der Waals surface area (Å²) in [4.78, 5) is 37.8. The van der Waals surface area contributed by atoms with Crippen molar-refractivity contribution < 1.29 is 18.7 Å². The lowest BCUT2D eigenvalue weighted by Crippen LogP contribution is -2.33. The van der Waals surface area contributed by atoms with Gasteiger partial charge < -0.3 is 19.4 Å². The molecule has 1 aliphatic rings. The minimum atomic E-state index is -0.364. The fourth-order valence-corrected chi connectivity index (χ4v) is 3.62. The predicted molar refractivity (Wildman–Crippen MR) is 106 cm³/mol. The molecule has 0 bridgehead atoms. The van der Waals surface area contributed by atoms with Crippen LogP contribution in [0, 0.1) is 26.7 Å². The third-order valence-corrected chi connectivity index (χ3v) is 5.40. The standard InChI is InChI=1S/C21H26N2O5/c1-12-7-16(20-13(2)14(3)21(26)28-17(20)8-12)27-11-19(25)23-6-5-15(10-23)9-18(24)22-4/h7-8,15H,5-6,9-11H2,1-4H3,(H,22,24). The highest BCUT2D eigenvalue weighted by atomic mass is 16.5. The largest absolute Gasteiger partial charge is 0.483 e. The first kappa shape index (κ1) is 19.9. The van der Waals surface area contributed by atoms with E-state index < -0.39 is 0 Å². The van der Waals surface area contributed by atoms with Gasteiger partial charge in [-0.15, -0.1) is 0 Å². The van der Waals surface area contributed by atoms with Gasteiger partial charge in [0, 0.05) is 32.1 Å². The third kappa shape index (κ3) is 4.03. The van der Waals surface area contributed by atoms with Crippen LogP contribution in [0.5, 0.6) is 5.75 Å². The Bertz CT molecular complexity index is 979. The number of carbonyl (C=O) groups excluding carboxylic acids is 2. The molecule has 1 saturated heterocycles. The number of likely N-dealkylation sites (tertiary alicyclic amines) is 1. The van der Waals surface area contributed by atoms with Crippen LogP contribution in [-0.4, -0.2) is 43.5 Å². The van der Waals surface area contributed by atoms with Gasteiger partial charge in [0.2, 0.25) is 5.91 Å². The van der Waals surface area contributed by atoms with E-state index in [9.17, 15) is 14.4 Å². The molecule has 150 valence electrons. The van der Waals surface area contributed by atoms with Crippen molar-refractivity contribution in [3.05, 3.63) is 39.2 Å². The number of rotatable bonds is 5. The summed E-state index contributed by atoms with van der Waals surface area (Å²) < 4.78 is 11.2. The number of fused-ring (bicyclic) bond motifs is 1. The minimum Gasteiger partial charge on any atom is -0.483 e. The zero-order valence-electron chi connectivity index (χ0n) is 16.8. The first-order valence-corrected chi connectivity index (χ1v) is 9.46. The van der Waals surface area contributed by atoms with Crippen molar-refractivity contribution in [2.75, 3.05) is 26.7 Å². The molecule has 2 amide bonds. The smallest absolute Gasteiger partial charge is 0.339 e. The molecule has 1 unspecified atom stereocenters. The SMILES string of the molecule is CNC(=O)CC1CCN(C(=O)COc2cc(C)cc3oc(=O)c(C)c(C)c23)C1. The summed E-state index contributed by atoms with van der Waals surface area (Å²) in [5.74, 6) is 0.603. The van der Waals surface area contributed by atoms with Crippen LogP contribution in [-0.2, 0) is 9.59 Å². The van der Waals surface area contributed by atoms with Gasteiger partial charge in [-0.05, 0) is 56.4 Å². The quantitative estimate of drug-likeness (QED) is 0.795. The molecular formula is C21H26N2O5. The number of amides is 2. The fraction of sp³-hybridized carbons (Fsp3) is 0.476. The molecule has 7 nitrogen and oxygen atoms in total. The van der Waals surface area contributed by atoms with E-state index in [4.69, 9.17) is 9.15 Å². The van der Waals surface area contributed by atoms with Crippen LogP contribution in [0.15, 0.2) is 21.3 Å². The summed E-state index contributed by atoms with van der Waals surface area (Å²) in [6.07, 6.45) is 1.25. The Balaban J connectivity index is 1.74. The second-order valence-corrected chi connectivity index (χ2v) is 7.44. The van der Waals surface area contributed by atoms with Crippen molar-refractivity contribution in [1.29, 1.82) is 0 Å². The Morgan fingerprint density at radius 1 is 1.25 bits per heavy atom. The van der Waals surface area contributed by atoms with Crippen molar-refractivity contribution in [1.82, 2.24) is 10.2 Å². The van der Waals surface area contributed by atoms with E-state index in [1.807, 2.05) is 19.9 Å².